The predicted molar refractivity (Wildman–Crippen MR) is 35.2 cm³/mol. The first kappa shape index (κ1) is 11.1. The predicted octanol–water partition coefficient (Wildman–Crippen LogP) is -4.95. The molecule has 0 aliphatic heterocycles. The van der Waals surface area contributed by atoms with Gasteiger partial charge in [0, 0.05) is 18.6 Å². The van der Waals surface area contributed by atoms with Crippen LogP contribution in [0.2, 0.25) is 0 Å². The van der Waals surface area contributed by atoms with E-state index in [1.54, 1.807) is 0 Å². The van der Waals surface area contributed by atoms with Gasteiger partial charge in [0.25, 0.3) is 0 Å². The number of nitrogens with two attached hydrogens (primary N) is 1. The van der Waals surface area contributed by atoms with Gasteiger partial charge in [-0.2, -0.15) is 0 Å². The number of rotatable bonds is 1. The average Bonchev–Trinajstić information content (AvgIpc) is 2.17. The van der Waals surface area contributed by atoms with Gasteiger partial charge < -0.3 is 33.5 Å². The van der Waals surface area contributed by atoms with Crippen LogP contribution >= 0.6 is 0 Å². The molecule has 0 aromatic heterocycles. The molecule has 1 fully saturated rings. The summed E-state index contributed by atoms with van der Waals surface area (Å²) in [4.78, 5) is 0. The van der Waals surface area contributed by atoms with E-state index in [9.17, 15) is 0 Å². The second-order valence-electron chi connectivity index (χ2n) is 2.82. The molecule has 0 heterocycles. The van der Waals surface area contributed by atoms with Crippen molar-refractivity contribution in [3.8, 4) is 0 Å². The fourth-order valence-electron chi connectivity index (χ4n) is 1.34. The van der Waals surface area contributed by atoms with Crippen molar-refractivity contribution >= 4 is 0 Å². The molecule has 0 saturated heterocycles. The van der Waals surface area contributed by atoms with Crippen molar-refractivity contribution in [3.05, 3.63) is 0 Å². The lowest BCUT2D eigenvalue weighted by Gasteiger charge is -2.13. The molecule has 68 valence electrons. The first-order valence-electron chi connectivity index (χ1n) is 3.39. The highest BCUT2D eigenvalue weighted by Gasteiger charge is 2.38. The SMILES string of the molecule is N[C@@H]1C[C@H](CO)[C@@H](O)[C@H]1O.[Cl-]. The maximum Gasteiger partial charge on any atom is 0.0953 e. The third-order valence-electron chi connectivity index (χ3n) is 2.08. The largest absolute Gasteiger partial charge is 1.00 e. The van der Waals surface area contributed by atoms with Gasteiger partial charge in [-0.25, -0.2) is 0 Å². The molecule has 4 atom stereocenters. The van der Waals surface area contributed by atoms with Gasteiger partial charge in [-0.3, -0.25) is 0 Å². The Morgan fingerprint density at radius 1 is 1.27 bits per heavy atom. The minimum absolute atomic E-state index is 0. The molecule has 4 nitrogen and oxygen atoms in total. The van der Waals surface area contributed by atoms with Gasteiger partial charge in [-0.1, -0.05) is 0 Å². The topological polar surface area (TPSA) is 86.7 Å². The zero-order valence-corrected chi connectivity index (χ0v) is 6.78. The summed E-state index contributed by atoms with van der Waals surface area (Å²) in [5.74, 6) is -0.245. The first-order chi connectivity index (χ1) is 4.66. The molecule has 0 amide bonds. The Morgan fingerprint density at radius 3 is 2.00 bits per heavy atom. The maximum atomic E-state index is 9.14. The maximum absolute atomic E-state index is 9.14. The van der Waals surface area contributed by atoms with Crippen molar-refractivity contribution in [1.82, 2.24) is 0 Å². The highest BCUT2D eigenvalue weighted by molar-refractivity contribution is 4.92. The summed E-state index contributed by atoms with van der Waals surface area (Å²) < 4.78 is 0. The molecule has 5 heteroatoms. The molecular weight excluding hydrogens is 170 g/mol. The molecule has 11 heavy (non-hydrogen) atoms. The summed E-state index contributed by atoms with van der Waals surface area (Å²) >= 11 is 0. The van der Waals surface area contributed by atoms with Crippen LogP contribution in [0.3, 0.4) is 0 Å². The highest BCUT2D eigenvalue weighted by Crippen LogP contribution is 2.24. The van der Waals surface area contributed by atoms with Crippen LogP contribution in [0.15, 0.2) is 0 Å². The zero-order valence-electron chi connectivity index (χ0n) is 6.02. The van der Waals surface area contributed by atoms with E-state index in [4.69, 9.17) is 21.1 Å². The van der Waals surface area contributed by atoms with Crippen molar-refractivity contribution < 1.29 is 27.7 Å². The smallest absolute Gasteiger partial charge is 0.0953 e. The van der Waals surface area contributed by atoms with E-state index in [0.717, 1.165) is 0 Å². The van der Waals surface area contributed by atoms with Crippen LogP contribution in [-0.2, 0) is 0 Å². The van der Waals surface area contributed by atoms with Gasteiger partial charge in [0.15, 0.2) is 0 Å². The van der Waals surface area contributed by atoms with Crippen LogP contribution in [0, 0.1) is 5.92 Å². The number of aliphatic hydroxyl groups excluding tert-OH is 3. The number of hydrogen-bond acceptors (Lipinski definition) is 4. The third kappa shape index (κ3) is 2.04. The van der Waals surface area contributed by atoms with Gasteiger partial charge in [0.1, 0.15) is 0 Å². The van der Waals surface area contributed by atoms with Crippen LogP contribution in [0.25, 0.3) is 0 Å². The monoisotopic (exact) mass is 182 g/mol. The fraction of sp³-hybridized carbons (Fsp3) is 1.00. The van der Waals surface area contributed by atoms with E-state index >= 15 is 0 Å². The normalized spacial score (nSPS) is 43.6. The fourth-order valence-corrected chi connectivity index (χ4v) is 1.34. The molecule has 1 aliphatic carbocycles. The molecule has 1 rings (SSSR count). The molecule has 0 bridgehead atoms. The van der Waals surface area contributed by atoms with E-state index in [-0.39, 0.29) is 31.0 Å². The van der Waals surface area contributed by atoms with Crippen molar-refractivity contribution in [1.29, 1.82) is 0 Å². The number of aliphatic hydroxyl groups is 3. The quantitative estimate of drug-likeness (QED) is 0.327. The Morgan fingerprint density at radius 2 is 1.82 bits per heavy atom. The van der Waals surface area contributed by atoms with Crippen LogP contribution in [0.5, 0.6) is 0 Å². The second kappa shape index (κ2) is 4.23. The number of halogens is 1. The van der Waals surface area contributed by atoms with Crippen molar-refractivity contribution in [3.63, 3.8) is 0 Å². The molecule has 0 radical (unpaired) electrons. The van der Waals surface area contributed by atoms with Crippen molar-refractivity contribution in [2.75, 3.05) is 6.61 Å². The highest BCUT2D eigenvalue weighted by atomic mass is 35.5. The Hall–Kier alpha value is 0.130. The van der Waals surface area contributed by atoms with E-state index in [2.05, 4.69) is 0 Å². The average molecular weight is 183 g/mol. The Labute approximate surface area is 71.4 Å². The van der Waals surface area contributed by atoms with Crippen molar-refractivity contribution in [2.24, 2.45) is 11.7 Å². The lowest BCUT2D eigenvalue weighted by atomic mass is 10.1. The second-order valence-corrected chi connectivity index (χ2v) is 2.82. The standard InChI is InChI=1S/C6H13NO3.ClH/c7-4-1-3(2-8)5(9)6(4)10;/h3-6,8-10H,1-2,7H2;1H/p-1/t3-,4-,5-,6+;/m1./s1. The Kier molecular flexibility index (Phi) is 4.28. The van der Waals surface area contributed by atoms with Gasteiger partial charge in [0.05, 0.1) is 12.2 Å². The molecule has 0 aromatic carbocycles. The van der Waals surface area contributed by atoms with E-state index in [1.807, 2.05) is 0 Å². The van der Waals surface area contributed by atoms with Crippen molar-refractivity contribution in [2.45, 2.75) is 24.7 Å². The van der Waals surface area contributed by atoms with E-state index in [0.29, 0.717) is 6.42 Å². The van der Waals surface area contributed by atoms with Crippen LogP contribution in [-0.4, -0.2) is 40.2 Å². The molecule has 0 unspecified atom stereocenters. The summed E-state index contributed by atoms with van der Waals surface area (Å²) in [6.07, 6.45) is -1.21. The molecular formula is C6H13ClNO3-. The van der Waals surface area contributed by atoms with Crippen LogP contribution < -0.4 is 18.1 Å². The van der Waals surface area contributed by atoms with Gasteiger partial charge in [0.2, 0.25) is 0 Å². The number of hydrogen-bond donors (Lipinski definition) is 4. The van der Waals surface area contributed by atoms with E-state index < -0.39 is 12.2 Å². The van der Waals surface area contributed by atoms with Gasteiger partial charge in [-0.15, -0.1) is 0 Å². The zero-order chi connectivity index (χ0) is 7.72. The van der Waals surface area contributed by atoms with Crippen LogP contribution in [0.4, 0.5) is 0 Å². The molecule has 1 saturated carbocycles. The lowest BCUT2D eigenvalue weighted by molar-refractivity contribution is -0.0000169. The molecule has 0 spiro atoms. The summed E-state index contributed by atoms with van der Waals surface area (Å²) in [5.41, 5.74) is 5.41. The van der Waals surface area contributed by atoms with E-state index in [1.165, 1.54) is 0 Å². The summed E-state index contributed by atoms with van der Waals surface area (Å²) in [7, 11) is 0. The summed E-state index contributed by atoms with van der Waals surface area (Å²) in [6, 6.07) is -0.382. The Bertz CT molecular complexity index is 124. The van der Waals surface area contributed by atoms with Gasteiger partial charge >= 0.3 is 0 Å². The summed E-state index contributed by atoms with van der Waals surface area (Å²) in [5, 5.41) is 26.9. The minimum atomic E-state index is -0.864. The molecule has 0 aromatic rings. The molecule has 5 N–H and O–H groups in total. The lowest BCUT2D eigenvalue weighted by Crippen LogP contribution is -3.00. The van der Waals surface area contributed by atoms with Crippen LogP contribution in [0.1, 0.15) is 6.42 Å². The summed E-state index contributed by atoms with van der Waals surface area (Å²) in [6.45, 7) is -0.105. The Balaban J connectivity index is 0.000001000. The van der Waals surface area contributed by atoms with Gasteiger partial charge in [-0.05, 0) is 6.42 Å². The minimum Gasteiger partial charge on any atom is -1.00 e. The third-order valence-corrected chi connectivity index (χ3v) is 2.08. The first-order valence-corrected chi connectivity index (χ1v) is 3.39. The molecule has 1 aliphatic rings.